The lowest BCUT2D eigenvalue weighted by Gasteiger charge is -2.11. The molecule has 0 heterocycles. The molecule has 0 saturated heterocycles. The number of benzene rings is 2. The Morgan fingerprint density at radius 3 is 2.00 bits per heavy atom. The van der Waals surface area contributed by atoms with Crippen molar-refractivity contribution in [2.45, 2.75) is 6.92 Å². The standard InChI is InChI=1S/C13H11Cl2Si/c1-10-6-2-3-7-11(10)12-8-4-5-9-13(12)16(14)15/h2-9H,1H3. The van der Waals surface area contributed by atoms with Gasteiger partial charge in [0.2, 0.25) is 0 Å². The van der Waals surface area contributed by atoms with Gasteiger partial charge in [-0.05, 0) is 28.8 Å². The van der Waals surface area contributed by atoms with Crippen LogP contribution >= 0.6 is 22.2 Å². The molecule has 0 nitrogen and oxygen atoms in total. The monoisotopic (exact) mass is 265 g/mol. The van der Waals surface area contributed by atoms with Gasteiger partial charge in [-0.1, -0.05) is 48.5 Å². The number of rotatable bonds is 2. The molecule has 0 aliphatic heterocycles. The summed E-state index contributed by atoms with van der Waals surface area (Å²) in [6, 6.07) is 16.4. The Morgan fingerprint density at radius 2 is 1.38 bits per heavy atom. The van der Waals surface area contributed by atoms with Gasteiger partial charge >= 0.3 is 7.42 Å². The molecule has 0 unspecified atom stereocenters. The highest BCUT2D eigenvalue weighted by Gasteiger charge is 2.14. The Labute approximate surface area is 107 Å². The van der Waals surface area contributed by atoms with Crippen molar-refractivity contribution in [3.63, 3.8) is 0 Å². The fourth-order valence-corrected chi connectivity index (χ4v) is 3.39. The van der Waals surface area contributed by atoms with Crippen LogP contribution in [-0.4, -0.2) is 7.42 Å². The van der Waals surface area contributed by atoms with Crippen molar-refractivity contribution in [1.82, 2.24) is 0 Å². The van der Waals surface area contributed by atoms with Gasteiger partial charge in [0.25, 0.3) is 0 Å². The minimum Gasteiger partial charge on any atom is -0.140 e. The Hall–Kier alpha value is -0.763. The van der Waals surface area contributed by atoms with Crippen LogP contribution in [0.3, 0.4) is 0 Å². The van der Waals surface area contributed by atoms with Crippen LogP contribution in [0.1, 0.15) is 5.56 Å². The van der Waals surface area contributed by atoms with Crippen LogP contribution in [0.15, 0.2) is 48.5 Å². The molecule has 0 bridgehead atoms. The molecule has 2 rings (SSSR count). The second-order valence-electron chi connectivity index (χ2n) is 3.62. The van der Waals surface area contributed by atoms with Crippen LogP contribution in [0.4, 0.5) is 0 Å². The first-order valence-electron chi connectivity index (χ1n) is 5.03. The second kappa shape index (κ2) is 5.04. The molecule has 81 valence electrons. The molecule has 0 atom stereocenters. The Bertz CT molecular complexity index is 495. The largest absolute Gasteiger partial charge is 0.307 e. The lowest BCUT2D eigenvalue weighted by Crippen LogP contribution is -2.20. The summed E-state index contributed by atoms with van der Waals surface area (Å²) in [5, 5.41) is 1.06. The molecule has 0 aliphatic carbocycles. The zero-order valence-corrected chi connectivity index (χ0v) is 11.4. The van der Waals surface area contributed by atoms with Gasteiger partial charge in [0.1, 0.15) is 0 Å². The maximum atomic E-state index is 6.08. The minimum atomic E-state index is -1.46. The van der Waals surface area contributed by atoms with Crippen molar-refractivity contribution >= 4 is 34.8 Å². The molecule has 3 heteroatoms. The fourth-order valence-electron chi connectivity index (χ4n) is 1.76. The quantitative estimate of drug-likeness (QED) is 0.572. The van der Waals surface area contributed by atoms with Crippen molar-refractivity contribution < 1.29 is 0 Å². The average Bonchev–Trinajstić information content (AvgIpc) is 2.29. The molecule has 2 aromatic rings. The van der Waals surface area contributed by atoms with Crippen LogP contribution in [0.5, 0.6) is 0 Å². The summed E-state index contributed by atoms with van der Waals surface area (Å²) in [5.74, 6) is 0. The Morgan fingerprint density at radius 1 is 0.812 bits per heavy atom. The molecule has 0 spiro atoms. The number of hydrogen-bond acceptors (Lipinski definition) is 0. The van der Waals surface area contributed by atoms with Crippen LogP contribution in [0, 0.1) is 6.92 Å². The highest BCUT2D eigenvalue weighted by Crippen LogP contribution is 2.22. The smallest absolute Gasteiger partial charge is 0.140 e. The molecule has 0 amide bonds. The molecular weight excluding hydrogens is 255 g/mol. The first-order chi connectivity index (χ1) is 7.70. The maximum Gasteiger partial charge on any atom is 0.307 e. The third kappa shape index (κ3) is 2.32. The van der Waals surface area contributed by atoms with E-state index >= 15 is 0 Å². The average molecular weight is 266 g/mol. The van der Waals surface area contributed by atoms with E-state index in [9.17, 15) is 0 Å². The maximum absolute atomic E-state index is 6.08. The molecule has 2 aromatic carbocycles. The van der Waals surface area contributed by atoms with Crippen molar-refractivity contribution in [2.75, 3.05) is 0 Å². The summed E-state index contributed by atoms with van der Waals surface area (Å²) in [6.45, 7) is 2.10. The van der Waals surface area contributed by atoms with E-state index in [1.54, 1.807) is 0 Å². The Balaban J connectivity index is 2.60. The van der Waals surface area contributed by atoms with Crippen LogP contribution in [0.2, 0.25) is 0 Å². The van der Waals surface area contributed by atoms with Crippen molar-refractivity contribution in [1.29, 1.82) is 0 Å². The van der Waals surface area contributed by atoms with Crippen molar-refractivity contribution in [3.05, 3.63) is 54.1 Å². The molecule has 0 aromatic heterocycles. The zero-order chi connectivity index (χ0) is 11.5. The van der Waals surface area contributed by atoms with E-state index in [0.717, 1.165) is 10.8 Å². The van der Waals surface area contributed by atoms with Gasteiger partial charge in [-0.15, -0.1) is 22.2 Å². The lowest BCUT2D eigenvalue weighted by atomic mass is 10.0. The SMILES string of the molecule is Cc1ccccc1-c1ccccc1[Si](Cl)Cl. The predicted molar refractivity (Wildman–Crippen MR) is 73.7 cm³/mol. The third-order valence-electron chi connectivity index (χ3n) is 2.57. The lowest BCUT2D eigenvalue weighted by molar-refractivity contribution is 1.46. The van der Waals surface area contributed by atoms with Gasteiger partial charge in [-0.3, -0.25) is 0 Å². The van der Waals surface area contributed by atoms with Crippen LogP contribution < -0.4 is 5.19 Å². The summed E-state index contributed by atoms with van der Waals surface area (Å²) >= 11 is 12.2. The fraction of sp³-hybridized carbons (Fsp3) is 0.0769. The van der Waals surface area contributed by atoms with E-state index in [1.807, 2.05) is 30.3 Å². The molecule has 0 saturated carbocycles. The van der Waals surface area contributed by atoms with Crippen molar-refractivity contribution in [2.24, 2.45) is 0 Å². The molecule has 0 N–H and O–H groups in total. The van der Waals surface area contributed by atoms with Crippen LogP contribution in [0.25, 0.3) is 11.1 Å². The van der Waals surface area contributed by atoms with Gasteiger partial charge < -0.3 is 0 Å². The van der Waals surface area contributed by atoms with E-state index in [2.05, 4.69) is 25.1 Å². The zero-order valence-electron chi connectivity index (χ0n) is 8.87. The first-order valence-corrected chi connectivity index (χ1v) is 8.56. The van der Waals surface area contributed by atoms with E-state index in [0.29, 0.717) is 0 Å². The van der Waals surface area contributed by atoms with E-state index in [4.69, 9.17) is 22.2 Å². The van der Waals surface area contributed by atoms with E-state index < -0.39 is 7.42 Å². The Kier molecular flexibility index (Phi) is 3.69. The van der Waals surface area contributed by atoms with Gasteiger partial charge in [0.15, 0.2) is 0 Å². The van der Waals surface area contributed by atoms with E-state index in [-0.39, 0.29) is 0 Å². The van der Waals surface area contributed by atoms with Gasteiger partial charge in [-0.25, -0.2) is 0 Å². The highest BCUT2D eigenvalue weighted by atomic mass is 35.7. The van der Waals surface area contributed by atoms with Crippen LogP contribution in [-0.2, 0) is 0 Å². The summed E-state index contributed by atoms with van der Waals surface area (Å²) in [5.41, 5.74) is 3.60. The predicted octanol–water partition coefficient (Wildman–Crippen LogP) is 3.83. The van der Waals surface area contributed by atoms with E-state index in [1.165, 1.54) is 11.1 Å². The summed E-state index contributed by atoms with van der Waals surface area (Å²) < 4.78 is 0. The van der Waals surface area contributed by atoms with Crippen molar-refractivity contribution in [3.8, 4) is 11.1 Å². The summed E-state index contributed by atoms with van der Waals surface area (Å²) in [4.78, 5) is 0. The highest BCUT2D eigenvalue weighted by molar-refractivity contribution is 7.39. The number of halogens is 2. The molecule has 0 aliphatic rings. The van der Waals surface area contributed by atoms with Gasteiger partial charge in [0.05, 0.1) is 0 Å². The normalized spacial score (nSPS) is 10.8. The number of aryl methyl sites for hydroxylation is 1. The molecule has 1 radical (unpaired) electrons. The summed E-state index contributed by atoms with van der Waals surface area (Å²) in [7, 11) is -1.46. The topological polar surface area (TPSA) is 0 Å². The second-order valence-corrected chi connectivity index (χ2v) is 7.53. The summed E-state index contributed by atoms with van der Waals surface area (Å²) in [6.07, 6.45) is 0. The van der Waals surface area contributed by atoms with Gasteiger partial charge in [0, 0.05) is 0 Å². The molecule has 0 fully saturated rings. The minimum absolute atomic E-state index is 1.06. The molecule has 16 heavy (non-hydrogen) atoms. The molecular formula is C13H11Cl2Si. The third-order valence-corrected chi connectivity index (χ3v) is 4.63. The van der Waals surface area contributed by atoms with Gasteiger partial charge in [-0.2, -0.15) is 0 Å². The first kappa shape index (κ1) is 11.7. The number of hydrogen-bond donors (Lipinski definition) is 0.